The van der Waals surface area contributed by atoms with Crippen molar-refractivity contribution in [3.63, 3.8) is 0 Å². The number of hydrogen-bond donors (Lipinski definition) is 0. The van der Waals surface area contributed by atoms with E-state index in [1.54, 1.807) is 0 Å². The van der Waals surface area contributed by atoms with Crippen molar-refractivity contribution in [2.24, 2.45) is 0 Å². The monoisotopic (exact) mass is 300 g/mol. The van der Waals surface area contributed by atoms with E-state index >= 15 is 0 Å². The highest BCUT2D eigenvalue weighted by atomic mass is 35.5. The highest BCUT2D eigenvalue weighted by molar-refractivity contribution is 6.32. The molecule has 21 heavy (non-hydrogen) atoms. The van der Waals surface area contributed by atoms with Crippen LogP contribution in [0, 0.1) is 0 Å². The molecule has 1 aliphatic heterocycles. The molecule has 0 bridgehead atoms. The van der Waals surface area contributed by atoms with Crippen LogP contribution in [-0.4, -0.2) is 5.60 Å². The smallest absolute Gasteiger partial charge is 0.142 e. The summed E-state index contributed by atoms with van der Waals surface area (Å²) >= 11 is 6.28. The van der Waals surface area contributed by atoms with E-state index < -0.39 is 0 Å². The number of halogens is 1. The van der Waals surface area contributed by atoms with Crippen LogP contribution in [0.2, 0.25) is 5.02 Å². The fourth-order valence-corrected chi connectivity index (χ4v) is 2.45. The maximum absolute atomic E-state index is 6.28. The maximum atomic E-state index is 6.28. The largest absolute Gasteiger partial charge is 0.487 e. The normalized spacial score (nSPS) is 15.2. The summed E-state index contributed by atoms with van der Waals surface area (Å²) in [6.07, 6.45) is 4.06. The third kappa shape index (κ3) is 3.22. The molecule has 0 aliphatic carbocycles. The van der Waals surface area contributed by atoms with E-state index in [4.69, 9.17) is 21.1 Å². The van der Waals surface area contributed by atoms with E-state index in [1.807, 2.05) is 68.5 Å². The number of rotatable bonds is 3. The van der Waals surface area contributed by atoms with E-state index in [9.17, 15) is 0 Å². The van der Waals surface area contributed by atoms with Crippen LogP contribution in [0.15, 0.2) is 48.5 Å². The van der Waals surface area contributed by atoms with E-state index in [-0.39, 0.29) is 5.60 Å². The molecule has 0 fully saturated rings. The molecule has 0 N–H and O–H groups in total. The summed E-state index contributed by atoms with van der Waals surface area (Å²) in [5.41, 5.74) is 1.77. The SMILES string of the molecule is CC1(C)C=Cc2cc(Cl)c(OCc3ccccc3)cc2O1. The molecule has 0 saturated heterocycles. The molecule has 0 spiro atoms. The first kappa shape index (κ1) is 14.0. The van der Waals surface area contributed by atoms with Gasteiger partial charge in [-0.3, -0.25) is 0 Å². The van der Waals surface area contributed by atoms with Crippen molar-refractivity contribution < 1.29 is 9.47 Å². The lowest BCUT2D eigenvalue weighted by molar-refractivity contribution is 0.158. The van der Waals surface area contributed by atoms with E-state index in [1.165, 1.54) is 0 Å². The van der Waals surface area contributed by atoms with Crippen LogP contribution in [0.3, 0.4) is 0 Å². The molecule has 0 amide bonds. The molecule has 0 atom stereocenters. The zero-order valence-corrected chi connectivity index (χ0v) is 12.9. The van der Waals surface area contributed by atoms with Crippen LogP contribution in [0.5, 0.6) is 11.5 Å². The van der Waals surface area contributed by atoms with Gasteiger partial charge in [0, 0.05) is 11.6 Å². The Labute approximate surface area is 130 Å². The molecule has 3 rings (SSSR count). The van der Waals surface area contributed by atoms with Gasteiger partial charge in [-0.1, -0.05) is 48.0 Å². The fourth-order valence-electron chi connectivity index (χ4n) is 2.22. The molecular formula is C18H17ClO2. The molecule has 108 valence electrons. The van der Waals surface area contributed by atoms with Crippen LogP contribution in [0.1, 0.15) is 25.0 Å². The predicted octanol–water partition coefficient (Wildman–Crippen LogP) is 5.10. The maximum Gasteiger partial charge on any atom is 0.142 e. The van der Waals surface area contributed by atoms with Gasteiger partial charge in [0.2, 0.25) is 0 Å². The minimum atomic E-state index is -0.308. The van der Waals surface area contributed by atoms with Crippen molar-refractivity contribution >= 4 is 17.7 Å². The predicted molar refractivity (Wildman–Crippen MR) is 86.0 cm³/mol. The Bertz CT molecular complexity index is 675. The minimum Gasteiger partial charge on any atom is -0.487 e. The molecule has 2 aromatic carbocycles. The van der Waals surface area contributed by atoms with Gasteiger partial charge in [0.15, 0.2) is 0 Å². The second-order valence-electron chi connectivity index (χ2n) is 5.63. The summed E-state index contributed by atoms with van der Waals surface area (Å²) in [6.45, 7) is 4.52. The lowest BCUT2D eigenvalue weighted by Gasteiger charge is -2.28. The Morgan fingerprint density at radius 3 is 2.67 bits per heavy atom. The van der Waals surface area contributed by atoms with Crippen molar-refractivity contribution in [3.05, 3.63) is 64.7 Å². The first-order chi connectivity index (χ1) is 10.0. The Balaban J connectivity index is 1.82. The lowest BCUT2D eigenvalue weighted by Crippen LogP contribution is -2.27. The highest BCUT2D eigenvalue weighted by Crippen LogP contribution is 2.38. The fraction of sp³-hybridized carbons (Fsp3) is 0.222. The zero-order valence-electron chi connectivity index (χ0n) is 12.1. The second kappa shape index (κ2) is 5.45. The number of benzene rings is 2. The zero-order chi connectivity index (χ0) is 14.9. The first-order valence-corrected chi connectivity index (χ1v) is 7.30. The molecular weight excluding hydrogens is 284 g/mol. The Morgan fingerprint density at radius 2 is 1.90 bits per heavy atom. The third-order valence-corrected chi connectivity index (χ3v) is 3.63. The second-order valence-corrected chi connectivity index (χ2v) is 6.04. The van der Waals surface area contributed by atoms with Gasteiger partial charge in [0.1, 0.15) is 23.7 Å². The average molecular weight is 301 g/mol. The Hall–Kier alpha value is -1.93. The molecule has 1 aliphatic rings. The van der Waals surface area contributed by atoms with Crippen LogP contribution in [-0.2, 0) is 6.61 Å². The van der Waals surface area contributed by atoms with Crippen molar-refractivity contribution in [3.8, 4) is 11.5 Å². The number of ether oxygens (including phenoxy) is 2. The third-order valence-electron chi connectivity index (χ3n) is 3.34. The van der Waals surface area contributed by atoms with Crippen molar-refractivity contribution in [1.82, 2.24) is 0 Å². The van der Waals surface area contributed by atoms with Gasteiger partial charge in [0.25, 0.3) is 0 Å². The summed E-state index contributed by atoms with van der Waals surface area (Å²) in [4.78, 5) is 0. The van der Waals surface area contributed by atoms with Crippen molar-refractivity contribution in [2.75, 3.05) is 0 Å². The topological polar surface area (TPSA) is 18.5 Å². The Kier molecular flexibility index (Phi) is 3.64. The van der Waals surface area contributed by atoms with Crippen molar-refractivity contribution in [2.45, 2.75) is 26.1 Å². The first-order valence-electron chi connectivity index (χ1n) is 6.92. The highest BCUT2D eigenvalue weighted by Gasteiger charge is 2.23. The minimum absolute atomic E-state index is 0.308. The summed E-state index contributed by atoms with van der Waals surface area (Å²) in [6, 6.07) is 13.8. The Morgan fingerprint density at radius 1 is 1.14 bits per heavy atom. The molecule has 2 nitrogen and oxygen atoms in total. The quantitative estimate of drug-likeness (QED) is 0.785. The molecule has 0 radical (unpaired) electrons. The number of fused-ring (bicyclic) bond motifs is 1. The molecule has 0 unspecified atom stereocenters. The van der Waals surface area contributed by atoms with E-state index in [0.717, 1.165) is 16.9 Å². The van der Waals surface area contributed by atoms with Gasteiger partial charge in [-0.2, -0.15) is 0 Å². The molecule has 2 aromatic rings. The standard InChI is InChI=1S/C18H17ClO2/c1-18(2)9-8-14-10-15(19)17(11-16(14)21-18)20-12-13-6-4-3-5-7-13/h3-11H,12H2,1-2H3. The van der Waals surface area contributed by atoms with E-state index in [2.05, 4.69) is 0 Å². The van der Waals surface area contributed by atoms with Gasteiger partial charge < -0.3 is 9.47 Å². The van der Waals surface area contributed by atoms with Gasteiger partial charge in [-0.15, -0.1) is 0 Å². The van der Waals surface area contributed by atoms with Crippen molar-refractivity contribution in [1.29, 1.82) is 0 Å². The summed E-state index contributed by atoms with van der Waals surface area (Å²) < 4.78 is 11.8. The van der Waals surface area contributed by atoms with Crippen LogP contribution < -0.4 is 9.47 Å². The lowest BCUT2D eigenvalue weighted by atomic mass is 10.0. The van der Waals surface area contributed by atoms with Crippen LogP contribution in [0.4, 0.5) is 0 Å². The van der Waals surface area contributed by atoms with Crippen LogP contribution >= 0.6 is 11.6 Å². The summed E-state index contributed by atoms with van der Waals surface area (Å²) in [5, 5.41) is 0.595. The molecule has 0 saturated carbocycles. The average Bonchev–Trinajstić information content (AvgIpc) is 2.46. The molecule has 3 heteroatoms. The summed E-state index contributed by atoms with van der Waals surface area (Å²) in [7, 11) is 0. The van der Waals surface area contributed by atoms with Gasteiger partial charge in [0.05, 0.1) is 5.02 Å². The van der Waals surface area contributed by atoms with Crippen LogP contribution in [0.25, 0.3) is 6.08 Å². The van der Waals surface area contributed by atoms with Gasteiger partial charge in [-0.05, 0) is 31.6 Å². The molecule has 0 aromatic heterocycles. The van der Waals surface area contributed by atoms with Gasteiger partial charge in [-0.25, -0.2) is 0 Å². The summed E-state index contributed by atoms with van der Waals surface area (Å²) in [5.74, 6) is 1.44. The van der Waals surface area contributed by atoms with E-state index in [0.29, 0.717) is 17.4 Å². The number of hydrogen-bond acceptors (Lipinski definition) is 2. The van der Waals surface area contributed by atoms with Gasteiger partial charge >= 0.3 is 0 Å². The molecule has 1 heterocycles.